The van der Waals surface area contributed by atoms with Crippen molar-refractivity contribution in [2.24, 2.45) is 11.7 Å². The number of nitrogens with one attached hydrogen (secondary N) is 4. The second-order valence-electron chi connectivity index (χ2n) is 7.69. The summed E-state index contributed by atoms with van der Waals surface area (Å²) < 4.78 is 0. The van der Waals surface area contributed by atoms with Crippen LogP contribution in [0.5, 0.6) is 0 Å². The lowest BCUT2D eigenvalue weighted by molar-refractivity contribution is -0.142. The molecule has 1 heterocycles. The van der Waals surface area contributed by atoms with E-state index in [-0.39, 0.29) is 25.3 Å². The molecule has 3 amide bonds. The molecule has 0 radical (unpaired) electrons. The molecule has 0 fully saturated rings. The van der Waals surface area contributed by atoms with E-state index in [4.69, 9.17) is 5.73 Å². The van der Waals surface area contributed by atoms with Crippen LogP contribution in [0, 0.1) is 5.92 Å². The van der Waals surface area contributed by atoms with Gasteiger partial charge >= 0.3 is 5.97 Å². The molecular weight excluding hydrogens is 402 g/mol. The molecule has 0 bridgehead atoms. The molecule has 0 saturated heterocycles. The number of amides is 3. The van der Waals surface area contributed by atoms with E-state index in [0.29, 0.717) is 0 Å². The van der Waals surface area contributed by atoms with Gasteiger partial charge in [-0.1, -0.05) is 32.0 Å². The quantitative estimate of drug-likeness (QED) is 0.290. The van der Waals surface area contributed by atoms with Gasteiger partial charge in [-0.05, 0) is 24.0 Å². The lowest BCUT2D eigenvalue weighted by Gasteiger charge is -2.19. The number of hydrogen-bond acceptors (Lipinski definition) is 5. The average Bonchev–Trinajstić information content (AvgIpc) is 3.13. The zero-order valence-electron chi connectivity index (χ0n) is 17.6. The van der Waals surface area contributed by atoms with Crippen molar-refractivity contribution in [3.63, 3.8) is 0 Å². The second kappa shape index (κ2) is 11.1. The molecule has 10 heteroatoms. The van der Waals surface area contributed by atoms with Crippen molar-refractivity contribution in [3.05, 3.63) is 36.0 Å². The van der Waals surface area contributed by atoms with Gasteiger partial charge in [0.2, 0.25) is 17.7 Å². The number of carboxylic acids is 1. The van der Waals surface area contributed by atoms with E-state index in [1.165, 1.54) is 0 Å². The molecule has 7 N–H and O–H groups in total. The number of benzene rings is 1. The molecule has 2 aromatic rings. The Morgan fingerprint density at radius 2 is 1.74 bits per heavy atom. The highest BCUT2D eigenvalue weighted by molar-refractivity contribution is 5.93. The molecule has 1 aromatic heterocycles. The van der Waals surface area contributed by atoms with Crippen LogP contribution in [0.15, 0.2) is 30.5 Å². The maximum absolute atomic E-state index is 12.7. The molecule has 0 aliphatic heterocycles. The van der Waals surface area contributed by atoms with Crippen LogP contribution in [-0.2, 0) is 25.6 Å². The van der Waals surface area contributed by atoms with Crippen LogP contribution in [-0.4, -0.2) is 59.0 Å². The maximum Gasteiger partial charge on any atom is 0.326 e. The Morgan fingerprint density at radius 3 is 2.39 bits per heavy atom. The lowest BCUT2D eigenvalue weighted by Crippen LogP contribution is -2.52. The van der Waals surface area contributed by atoms with Crippen molar-refractivity contribution in [1.29, 1.82) is 0 Å². The van der Waals surface area contributed by atoms with Crippen molar-refractivity contribution >= 4 is 34.6 Å². The molecule has 168 valence electrons. The number of para-hydroxylation sites is 1. The largest absolute Gasteiger partial charge is 0.480 e. The topological polar surface area (TPSA) is 166 Å². The Hall–Kier alpha value is -3.40. The minimum absolute atomic E-state index is 0.0722. The summed E-state index contributed by atoms with van der Waals surface area (Å²) in [4.78, 5) is 51.0. The van der Waals surface area contributed by atoms with Crippen molar-refractivity contribution < 1.29 is 24.3 Å². The maximum atomic E-state index is 12.7. The first-order chi connectivity index (χ1) is 14.7. The fourth-order valence-electron chi connectivity index (χ4n) is 3.21. The van der Waals surface area contributed by atoms with Gasteiger partial charge in [0.25, 0.3) is 0 Å². The van der Waals surface area contributed by atoms with Gasteiger partial charge in [-0.2, -0.15) is 0 Å². The van der Waals surface area contributed by atoms with Crippen LogP contribution in [0.1, 0.15) is 25.8 Å². The molecule has 0 saturated carbocycles. The lowest BCUT2D eigenvalue weighted by atomic mass is 10.0. The summed E-state index contributed by atoms with van der Waals surface area (Å²) in [6.45, 7) is 3.00. The van der Waals surface area contributed by atoms with E-state index in [0.717, 1.165) is 16.5 Å². The van der Waals surface area contributed by atoms with Crippen LogP contribution in [0.3, 0.4) is 0 Å². The third-order valence-corrected chi connectivity index (χ3v) is 4.70. The molecule has 31 heavy (non-hydrogen) atoms. The van der Waals surface area contributed by atoms with Crippen LogP contribution in [0.25, 0.3) is 10.9 Å². The van der Waals surface area contributed by atoms with Gasteiger partial charge in [-0.3, -0.25) is 14.4 Å². The summed E-state index contributed by atoms with van der Waals surface area (Å²) in [7, 11) is 0. The number of H-pyrrole nitrogens is 1. The van der Waals surface area contributed by atoms with Gasteiger partial charge < -0.3 is 31.8 Å². The Labute approximate surface area is 179 Å². The number of fused-ring (bicyclic) bond motifs is 1. The monoisotopic (exact) mass is 431 g/mol. The minimum Gasteiger partial charge on any atom is -0.480 e. The number of hydrogen-bond donors (Lipinski definition) is 6. The van der Waals surface area contributed by atoms with Gasteiger partial charge in [-0.15, -0.1) is 0 Å². The number of aromatic nitrogens is 1. The standard InChI is InChI=1S/C21H29N5O5/c1-12(2)7-17(21(30)31)26-19(28)11-24-20(29)16(25-18(27)9-22)8-13-10-23-15-6-4-3-5-14(13)15/h3-6,10,12,16-17,23H,7-9,11,22H2,1-2H3,(H,24,29)(H,25,27)(H,26,28)(H,30,31). The van der Waals surface area contributed by atoms with E-state index < -0.39 is 42.3 Å². The van der Waals surface area contributed by atoms with Crippen LogP contribution < -0.4 is 21.7 Å². The van der Waals surface area contributed by atoms with Crippen molar-refractivity contribution in [2.75, 3.05) is 13.1 Å². The van der Waals surface area contributed by atoms with Crippen LogP contribution in [0.2, 0.25) is 0 Å². The van der Waals surface area contributed by atoms with Crippen molar-refractivity contribution in [1.82, 2.24) is 20.9 Å². The first-order valence-electron chi connectivity index (χ1n) is 10.1. The van der Waals surface area contributed by atoms with E-state index in [1.807, 2.05) is 38.1 Å². The molecular formula is C21H29N5O5. The summed E-state index contributed by atoms with van der Waals surface area (Å²) in [5, 5.41) is 17.6. The third kappa shape index (κ3) is 7.10. The van der Waals surface area contributed by atoms with Crippen molar-refractivity contribution in [3.8, 4) is 0 Å². The van der Waals surface area contributed by atoms with E-state index in [2.05, 4.69) is 20.9 Å². The zero-order chi connectivity index (χ0) is 23.0. The van der Waals surface area contributed by atoms with E-state index in [9.17, 15) is 24.3 Å². The molecule has 2 rings (SSSR count). The highest BCUT2D eigenvalue weighted by Crippen LogP contribution is 2.19. The minimum atomic E-state index is -1.14. The summed E-state index contributed by atoms with van der Waals surface area (Å²) in [5.41, 5.74) is 7.07. The van der Waals surface area contributed by atoms with Gasteiger partial charge in [0, 0.05) is 23.5 Å². The predicted octanol–water partition coefficient (Wildman–Crippen LogP) is -0.114. The molecule has 1 aromatic carbocycles. The first kappa shape index (κ1) is 23.9. The second-order valence-corrected chi connectivity index (χ2v) is 7.69. The third-order valence-electron chi connectivity index (χ3n) is 4.70. The Bertz CT molecular complexity index is 939. The summed E-state index contributed by atoms with van der Waals surface area (Å²) >= 11 is 0. The average molecular weight is 431 g/mol. The summed E-state index contributed by atoms with van der Waals surface area (Å²) in [6, 6.07) is 5.55. The zero-order valence-corrected chi connectivity index (χ0v) is 17.6. The van der Waals surface area contributed by atoms with Crippen LogP contribution >= 0.6 is 0 Å². The fraction of sp³-hybridized carbons (Fsp3) is 0.429. The molecule has 10 nitrogen and oxygen atoms in total. The Balaban J connectivity index is 2.03. The molecule has 0 aliphatic carbocycles. The van der Waals surface area contributed by atoms with Crippen LogP contribution in [0.4, 0.5) is 0 Å². The number of rotatable bonds is 11. The number of aromatic amines is 1. The van der Waals surface area contributed by atoms with E-state index in [1.54, 1.807) is 6.20 Å². The molecule has 0 spiro atoms. The van der Waals surface area contributed by atoms with Gasteiger partial charge in [-0.25, -0.2) is 4.79 Å². The van der Waals surface area contributed by atoms with Gasteiger partial charge in [0.05, 0.1) is 13.1 Å². The molecule has 0 aliphatic rings. The SMILES string of the molecule is CC(C)CC(NC(=O)CNC(=O)C(Cc1c[nH]c2ccccc12)NC(=O)CN)C(=O)O. The first-order valence-corrected chi connectivity index (χ1v) is 10.1. The normalized spacial score (nSPS) is 12.9. The van der Waals surface area contributed by atoms with Gasteiger partial charge in [0.15, 0.2) is 0 Å². The predicted molar refractivity (Wildman–Crippen MR) is 115 cm³/mol. The van der Waals surface area contributed by atoms with Gasteiger partial charge in [0.1, 0.15) is 12.1 Å². The summed E-state index contributed by atoms with van der Waals surface area (Å²) in [5.74, 6) is -2.77. The number of aliphatic carboxylic acids is 1. The fourth-order valence-corrected chi connectivity index (χ4v) is 3.21. The van der Waals surface area contributed by atoms with Crippen molar-refractivity contribution in [2.45, 2.75) is 38.8 Å². The highest BCUT2D eigenvalue weighted by atomic mass is 16.4. The highest BCUT2D eigenvalue weighted by Gasteiger charge is 2.24. The number of carbonyl (C=O) groups is 4. The Kier molecular flexibility index (Phi) is 8.56. The number of carbonyl (C=O) groups excluding carboxylic acids is 3. The molecule has 2 unspecified atom stereocenters. The van der Waals surface area contributed by atoms with E-state index >= 15 is 0 Å². The number of nitrogens with two attached hydrogens (primary N) is 1. The number of carboxylic acid groups (broad SMARTS) is 1. The Morgan fingerprint density at radius 1 is 1.06 bits per heavy atom. The summed E-state index contributed by atoms with van der Waals surface area (Å²) in [6.07, 6.45) is 2.22. The molecule has 2 atom stereocenters. The smallest absolute Gasteiger partial charge is 0.326 e.